The van der Waals surface area contributed by atoms with Crippen LogP contribution in [-0.2, 0) is 9.53 Å². The Morgan fingerprint density at radius 2 is 1.76 bits per heavy atom. The van der Waals surface area contributed by atoms with Crippen LogP contribution < -0.4 is 4.90 Å². The molecule has 0 aliphatic carbocycles. The number of nitrogens with zero attached hydrogens (tertiary/aromatic N) is 1. The van der Waals surface area contributed by atoms with Gasteiger partial charge in [0.15, 0.2) is 0 Å². The molecule has 29 heavy (non-hydrogen) atoms. The van der Waals surface area contributed by atoms with Crippen molar-refractivity contribution in [2.75, 3.05) is 11.9 Å². The number of benzene rings is 1. The van der Waals surface area contributed by atoms with Crippen molar-refractivity contribution in [2.24, 2.45) is 5.92 Å². The van der Waals surface area contributed by atoms with Crippen LogP contribution in [0.3, 0.4) is 0 Å². The van der Waals surface area contributed by atoms with Crippen LogP contribution in [-0.4, -0.2) is 35.7 Å². The number of ether oxygens (including phenoxy) is 1. The highest BCUT2D eigenvalue weighted by Crippen LogP contribution is 2.25. The van der Waals surface area contributed by atoms with Gasteiger partial charge in [0.05, 0.1) is 5.56 Å². The summed E-state index contributed by atoms with van der Waals surface area (Å²) < 4.78 is 5.41. The van der Waals surface area contributed by atoms with Gasteiger partial charge in [-0.3, -0.25) is 4.79 Å². The molecule has 5 heteroatoms. The van der Waals surface area contributed by atoms with Gasteiger partial charge in [-0.1, -0.05) is 41.2 Å². The largest absolute Gasteiger partial charge is 0.478 e. The smallest absolute Gasteiger partial charge is 0.336 e. The van der Waals surface area contributed by atoms with Crippen molar-refractivity contribution in [1.29, 1.82) is 0 Å². The number of aryl methyl sites for hydroxylation is 1. The monoisotopic (exact) mass is 409 g/mol. The molecule has 0 aromatic heterocycles. The molecule has 1 N–H and O–H groups in total. The van der Waals surface area contributed by atoms with Crippen LogP contribution in [0.4, 0.5) is 5.69 Å². The van der Waals surface area contributed by atoms with Crippen molar-refractivity contribution in [3.05, 3.63) is 29.3 Å². The van der Waals surface area contributed by atoms with Gasteiger partial charge in [-0.15, -0.1) is 0 Å². The highest BCUT2D eigenvalue weighted by Gasteiger charge is 2.22. The quantitative estimate of drug-likeness (QED) is 0.508. The Labute approximate surface area is 178 Å². The van der Waals surface area contributed by atoms with E-state index in [1.165, 1.54) is 0 Å². The molecule has 0 fully saturated rings. The normalized spacial score (nSPS) is 12.6. The predicted octanol–water partition coefficient (Wildman–Crippen LogP) is 6.33. The van der Waals surface area contributed by atoms with E-state index in [0.717, 1.165) is 24.1 Å². The van der Waals surface area contributed by atoms with Crippen LogP contribution in [0.2, 0.25) is 0 Å². The van der Waals surface area contributed by atoms with Crippen LogP contribution >= 0.6 is 0 Å². The van der Waals surface area contributed by atoms with E-state index >= 15 is 0 Å². The first-order chi connectivity index (χ1) is 12.9. The number of carbonyl (C=O) groups is 2. The third-order valence-electron chi connectivity index (χ3n) is 4.49. The predicted molar refractivity (Wildman–Crippen MR) is 123 cm³/mol. The molecular formula is C24H43NO4. The zero-order valence-electron chi connectivity index (χ0n) is 19.1. The third-order valence-corrected chi connectivity index (χ3v) is 4.49. The second-order valence-corrected chi connectivity index (χ2v) is 8.11. The maximum atomic E-state index is 12.0. The number of aromatic carboxylic acids is 1. The second-order valence-electron chi connectivity index (χ2n) is 8.11. The van der Waals surface area contributed by atoms with Crippen molar-refractivity contribution < 1.29 is 19.4 Å². The van der Waals surface area contributed by atoms with Crippen LogP contribution in [0, 0.1) is 12.8 Å². The van der Waals surface area contributed by atoms with Gasteiger partial charge >= 0.3 is 11.9 Å². The molecule has 0 amide bonds. The first-order valence-corrected chi connectivity index (χ1v) is 10.2. The van der Waals surface area contributed by atoms with Crippen molar-refractivity contribution >= 4 is 17.6 Å². The number of carboxylic acids is 1. The number of anilines is 1. The lowest BCUT2D eigenvalue weighted by Crippen LogP contribution is -2.33. The molecule has 0 aliphatic heterocycles. The summed E-state index contributed by atoms with van der Waals surface area (Å²) in [5.74, 6) is -0.906. The Morgan fingerprint density at radius 1 is 1.21 bits per heavy atom. The molecule has 2 atom stereocenters. The molecule has 168 valence electrons. The van der Waals surface area contributed by atoms with Gasteiger partial charge in [0.2, 0.25) is 0 Å². The number of hydrogen-bond donors (Lipinski definition) is 1. The summed E-state index contributed by atoms with van der Waals surface area (Å²) in [5, 5.41) is 9.34. The minimum Gasteiger partial charge on any atom is -0.478 e. The lowest BCUT2D eigenvalue weighted by molar-refractivity contribution is -0.155. The summed E-state index contributed by atoms with van der Waals surface area (Å²) >= 11 is 0. The molecule has 0 heterocycles. The van der Waals surface area contributed by atoms with Gasteiger partial charge in [-0.25, -0.2) is 4.79 Å². The number of hydrogen-bond acceptors (Lipinski definition) is 4. The van der Waals surface area contributed by atoms with Gasteiger partial charge in [0.25, 0.3) is 0 Å². The summed E-state index contributed by atoms with van der Waals surface area (Å²) in [5.41, 5.74) is 1.49. The van der Waals surface area contributed by atoms with Crippen molar-refractivity contribution in [2.45, 2.75) is 93.7 Å². The first kappa shape index (κ1) is 29.2. The van der Waals surface area contributed by atoms with E-state index in [-0.39, 0.29) is 25.4 Å². The Hall–Kier alpha value is -2.04. The Morgan fingerprint density at radius 3 is 2.21 bits per heavy atom. The van der Waals surface area contributed by atoms with Crippen LogP contribution in [0.1, 0.15) is 91.1 Å². The van der Waals surface area contributed by atoms with E-state index in [1.54, 1.807) is 13.0 Å². The Kier molecular flexibility index (Phi) is 13.3. The van der Waals surface area contributed by atoms with E-state index in [4.69, 9.17) is 4.74 Å². The van der Waals surface area contributed by atoms with Gasteiger partial charge < -0.3 is 14.7 Å². The van der Waals surface area contributed by atoms with Gasteiger partial charge in [-0.05, 0) is 64.2 Å². The van der Waals surface area contributed by atoms with Gasteiger partial charge in [0, 0.05) is 25.2 Å². The summed E-state index contributed by atoms with van der Waals surface area (Å²) in [4.78, 5) is 25.5. The molecule has 0 bridgehead atoms. The number of esters is 1. The topological polar surface area (TPSA) is 66.8 Å². The first-order valence-electron chi connectivity index (χ1n) is 10.2. The molecule has 0 spiro atoms. The van der Waals surface area contributed by atoms with Crippen LogP contribution in [0.25, 0.3) is 0 Å². The highest BCUT2D eigenvalue weighted by atomic mass is 16.6. The lowest BCUT2D eigenvalue weighted by atomic mass is 9.95. The minimum absolute atomic E-state index is 0. The van der Waals surface area contributed by atoms with E-state index in [0.29, 0.717) is 12.0 Å². The minimum atomic E-state index is -0.913. The summed E-state index contributed by atoms with van der Waals surface area (Å²) in [6, 6.07) is 5.73. The third kappa shape index (κ3) is 10.3. The maximum Gasteiger partial charge on any atom is 0.336 e. The summed E-state index contributed by atoms with van der Waals surface area (Å²) in [6.45, 7) is 15.6. The highest BCUT2D eigenvalue weighted by molar-refractivity contribution is 5.90. The maximum absolute atomic E-state index is 12.0. The van der Waals surface area contributed by atoms with Crippen LogP contribution in [0.5, 0.6) is 0 Å². The second kappa shape index (κ2) is 13.2. The average molecular weight is 410 g/mol. The van der Waals surface area contributed by atoms with Crippen molar-refractivity contribution in [1.82, 2.24) is 0 Å². The fraction of sp³-hybridized carbons (Fsp3) is 0.667. The molecule has 0 aliphatic rings. The van der Waals surface area contributed by atoms with Gasteiger partial charge in [0.1, 0.15) is 5.60 Å². The molecule has 1 aromatic rings. The zero-order chi connectivity index (χ0) is 22.1. The molecule has 1 rings (SSSR count). The number of carbonyl (C=O) groups excluding carboxylic acids is 1. The molecule has 0 saturated heterocycles. The Bertz CT molecular complexity index is 634. The fourth-order valence-electron chi connectivity index (χ4n) is 3.08. The average Bonchev–Trinajstić information content (AvgIpc) is 2.59. The lowest BCUT2D eigenvalue weighted by Gasteiger charge is -2.32. The molecule has 1 unspecified atom stereocenters. The van der Waals surface area contributed by atoms with Crippen molar-refractivity contribution in [3.8, 4) is 0 Å². The summed E-state index contributed by atoms with van der Waals surface area (Å²) in [7, 11) is 1.98. The molecular weight excluding hydrogens is 366 g/mol. The molecule has 5 nitrogen and oxygen atoms in total. The fourth-order valence-corrected chi connectivity index (χ4v) is 3.08. The van der Waals surface area contributed by atoms with E-state index in [9.17, 15) is 14.7 Å². The van der Waals surface area contributed by atoms with Crippen molar-refractivity contribution in [3.63, 3.8) is 0 Å². The number of rotatable bonds is 8. The van der Waals surface area contributed by atoms with E-state index in [1.807, 2.05) is 53.8 Å². The van der Waals surface area contributed by atoms with Crippen LogP contribution in [0.15, 0.2) is 18.2 Å². The van der Waals surface area contributed by atoms with E-state index < -0.39 is 11.6 Å². The SMILES string of the molecule is C.CC.CCC(C[C@H](C)CC(=O)OC(C)(C)C)N(C)c1ccc(C)c(C(=O)O)c1. The molecule has 1 aromatic carbocycles. The standard InChI is InChI=1S/C21H33NO4.C2H6.CH4/c1-8-16(11-14(2)12-19(23)26-21(4,5)6)22(7)17-10-9-15(3)18(13-17)20(24)25;1-2;/h9-10,13-14,16H,8,11-12H2,1-7H3,(H,24,25);1-2H3;1H4/t14-,16?;;/m0../s1. The van der Waals surface area contributed by atoms with Gasteiger partial charge in [-0.2, -0.15) is 0 Å². The number of carboxylic acid groups (broad SMARTS) is 1. The Balaban J connectivity index is 0. The zero-order valence-corrected chi connectivity index (χ0v) is 19.1. The molecule has 0 radical (unpaired) electrons. The summed E-state index contributed by atoms with van der Waals surface area (Å²) in [6.07, 6.45) is 2.13. The molecule has 0 saturated carbocycles. The van der Waals surface area contributed by atoms with E-state index in [2.05, 4.69) is 18.7 Å².